The number of hydrogen-bond donors (Lipinski definition) is 1. The third-order valence-electron chi connectivity index (χ3n) is 3.35. The van der Waals surface area contributed by atoms with E-state index in [9.17, 15) is 4.79 Å². The van der Waals surface area contributed by atoms with Crippen molar-refractivity contribution in [2.75, 3.05) is 5.32 Å². The molecule has 2 heterocycles. The lowest BCUT2D eigenvalue weighted by atomic mass is 10.2. The van der Waals surface area contributed by atoms with Crippen LogP contribution in [0.2, 0.25) is 0 Å². The number of amides is 1. The number of anilines is 1. The van der Waals surface area contributed by atoms with Crippen molar-refractivity contribution in [2.45, 2.75) is 19.8 Å². The fourth-order valence-electron chi connectivity index (χ4n) is 2.23. The quantitative estimate of drug-likeness (QED) is 0.769. The average Bonchev–Trinajstić information content (AvgIpc) is 3.01. The van der Waals surface area contributed by atoms with Crippen LogP contribution < -0.4 is 5.32 Å². The number of aryl methyl sites for hydroxylation is 2. The van der Waals surface area contributed by atoms with Gasteiger partial charge in [0.2, 0.25) is 5.91 Å². The van der Waals surface area contributed by atoms with E-state index in [0.717, 1.165) is 27.6 Å². The summed E-state index contributed by atoms with van der Waals surface area (Å²) in [5.74, 6) is -0.0110. The van der Waals surface area contributed by atoms with Gasteiger partial charge in [0.1, 0.15) is 5.01 Å². The van der Waals surface area contributed by atoms with Gasteiger partial charge >= 0.3 is 0 Å². The Labute approximate surface area is 139 Å². The van der Waals surface area contributed by atoms with Gasteiger partial charge in [-0.25, -0.2) is 4.98 Å². The summed E-state index contributed by atoms with van der Waals surface area (Å²) >= 11 is 1.61. The first-order valence-electron chi connectivity index (χ1n) is 7.43. The van der Waals surface area contributed by atoms with Gasteiger partial charge in [0.05, 0.1) is 0 Å². The van der Waals surface area contributed by atoms with Crippen molar-refractivity contribution in [3.05, 3.63) is 65.4 Å². The second-order valence-electron chi connectivity index (χ2n) is 5.24. The van der Waals surface area contributed by atoms with E-state index in [1.807, 2.05) is 54.8 Å². The molecular formula is C18H17N3OS. The molecule has 0 atom stereocenters. The summed E-state index contributed by atoms with van der Waals surface area (Å²) in [4.78, 5) is 20.8. The molecule has 0 unspecified atom stereocenters. The molecule has 4 nitrogen and oxygen atoms in total. The molecule has 116 valence electrons. The number of pyridine rings is 1. The summed E-state index contributed by atoms with van der Waals surface area (Å²) in [5.41, 5.74) is 3.75. The van der Waals surface area contributed by atoms with Crippen molar-refractivity contribution in [3.63, 3.8) is 0 Å². The number of aromatic nitrogens is 2. The first kappa shape index (κ1) is 15.4. The second-order valence-corrected chi connectivity index (χ2v) is 6.10. The van der Waals surface area contributed by atoms with E-state index in [1.165, 1.54) is 0 Å². The molecule has 3 aromatic rings. The van der Waals surface area contributed by atoms with E-state index in [4.69, 9.17) is 0 Å². The number of nitrogens with one attached hydrogen (secondary N) is 1. The lowest BCUT2D eigenvalue weighted by Gasteiger charge is -2.06. The number of carbonyl (C=O) groups excluding carboxylic acids is 1. The van der Waals surface area contributed by atoms with Crippen LogP contribution in [0.5, 0.6) is 0 Å². The lowest BCUT2D eigenvalue weighted by Crippen LogP contribution is -2.12. The van der Waals surface area contributed by atoms with Crippen molar-refractivity contribution in [1.29, 1.82) is 0 Å². The molecule has 0 fully saturated rings. The molecule has 0 bridgehead atoms. The Morgan fingerprint density at radius 1 is 1.22 bits per heavy atom. The fourth-order valence-corrected chi connectivity index (χ4v) is 3.02. The molecular weight excluding hydrogens is 306 g/mol. The van der Waals surface area contributed by atoms with Crippen LogP contribution in [0.25, 0.3) is 10.6 Å². The fraction of sp³-hybridized carbons (Fsp3) is 0.167. The topological polar surface area (TPSA) is 54.9 Å². The highest BCUT2D eigenvalue weighted by Gasteiger charge is 2.07. The normalized spacial score (nSPS) is 10.5. The Kier molecular flexibility index (Phi) is 4.78. The van der Waals surface area contributed by atoms with Crippen LogP contribution in [0.15, 0.2) is 54.0 Å². The summed E-state index contributed by atoms with van der Waals surface area (Å²) in [5, 5.41) is 5.93. The maximum atomic E-state index is 12.1. The first-order valence-corrected chi connectivity index (χ1v) is 8.31. The number of thiazole rings is 1. The largest absolute Gasteiger partial charge is 0.326 e. The van der Waals surface area contributed by atoms with Gasteiger partial charge in [-0.1, -0.05) is 18.2 Å². The molecule has 0 saturated carbocycles. The van der Waals surface area contributed by atoms with Crippen LogP contribution in [-0.2, 0) is 11.2 Å². The molecule has 0 aliphatic rings. The van der Waals surface area contributed by atoms with Crippen LogP contribution in [0.3, 0.4) is 0 Å². The van der Waals surface area contributed by atoms with Crippen molar-refractivity contribution in [1.82, 2.24) is 9.97 Å². The minimum atomic E-state index is -0.0110. The maximum Gasteiger partial charge on any atom is 0.224 e. The molecule has 0 aliphatic heterocycles. The van der Waals surface area contributed by atoms with Crippen molar-refractivity contribution in [3.8, 4) is 10.6 Å². The number of rotatable bonds is 5. The Bertz CT molecular complexity index is 799. The average molecular weight is 323 g/mol. The van der Waals surface area contributed by atoms with Gasteiger partial charge in [0.15, 0.2) is 0 Å². The van der Waals surface area contributed by atoms with E-state index >= 15 is 0 Å². The van der Waals surface area contributed by atoms with Gasteiger partial charge < -0.3 is 5.32 Å². The van der Waals surface area contributed by atoms with E-state index in [2.05, 4.69) is 15.3 Å². The summed E-state index contributed by atoms with van der Waals surface area (Å²) in [6.45, 7) is 1.98. The molecule has 1 aromatic carbocycles. The van der Waals surface area contributed by atoms with E-state index in [-0.39, 0.29) is 5.91 Å². The van der Waals surface area contributed by atoms with Gasteiger partial charge in [0, 0.05) is 40.6 Å². The number of benzene rings is 1. The summed E-state index contributed by atoms with van der Waals surface area (Å²) < 4.78 is 0. The molecule has 1 N–H and O–H groups in total. The summed E-state index contributed by atoms with van der Waals surface area (Å²) in [7, 11) is 0. The number of hydrogen-bond acceptors (Lipinski definition) is 4. The van der Waals surface area contributed by atoms with E-state index < -0.39 is 0 Å². The predicted molar refractivity (Wildman–Crippen MR) is 93.5 cm³/mol. The van der Waals surface area contributed by atoms with Crippen molar-refractivity contribution >= 4 is 22.9 Å². The van der Waals surface area contributed by atoms with Gasteiger partial charge in [0.25, 0.3) is 0 Å². The molecule has 0 radical (unpaired) electrons. The first-order chi connectivity index (χ1) is 11.2. The van der Waals surface area contributed by atoms with E-state index in [0.29, 0.717) is 12.8 Å². The minimum absolute atomic E-state index is 0.0110. The van der Waals surface area contributed by atoms with Gasteiger partial charge in [-0.05, 0) is 37.6 Å². The molecule has 0 saturated heterocycles. The molecule has 5 heteroatoms. The summed E-state index contributed by atoms with van der Waals surface area (Å²) in [6.07, 6.45) is 2.79. The molecule has 0 spiro atoms. The Balaban J connectivity index is 1.62. The highest BCUT2D eigenvalue weighted by atomic mass is 32.1. The van der Waals surface area contributed by atoms with Crippen LogP contribution >= 0.6 is 11.3 Å². The molecule has 23 heavy (non-hydrogen) atoms. The maximum absolute atomic E-state index is 12.1. The van der Waals surface area contributed by atoms with Gasteiger partial charge in [-0.15, -0.1) is 11.3 Å². The lowest BCUT2D eigenvalue weighted by molar-refractivity contribution is -0.116. The molecule has 2 aromatic heterocycles. The number of carbonyl (C=O) groups is 1. The third-order valence-corrected chi connectivity index (χ3v) is 4.36. The Morgan fingerprint density at radius 3 is 2.87 bits per heavy atom. The highest BCUT2D eigenvalue weighted by Crippen LogP contribution is 2.25. The standard InChI is InChI=1S/C18H17N3OS/c1-13-12-23-18(20-13)14-5-4-7-16(11-14)21-17(22)9-8-15-6-2-3-10-19-15/h2-7,10-12H,8-9H2,1H3,(H,21,22). The monoisotopic (exact) mass is 323 g/mol. The Morgan fingerprint density at radius 2 is 2.13 bits per heavy atom. The number of nitrogens with zero attached hydrogens (tertiary/aromatic N) is 2. The Hall–Kier alpha value is -2.53. The van der Waals surface area contributed by atoms with Crippen LogP contribution in [0, 0.1) is 6.92 Å². The van der Waals surface area contributed by atoms with Gasteiger partial charge in [-0.2, -0.15) is 0 Å². The highest BCUT2D eigenvalue weighted by molar-refractivity contribution is 7.13. The minimum Gasteiger partial charge on any atom is -0.326 e. The SMILES string of the molecule is Cc1csc(-c2cccc(NC(=O)CCc3ccccn3)c2)n1. The second kappa shape index (κ2) is 7.15. The van der Waals surface area contributed by atoms with Gasteiger partial charge in [-0.3, -0.25) is 9.78 Å². The molecule has 0 aliphatic carbocycles. The van der Waals surface area contributed by atoms with Crippen molar-refractivity contribution < 1.29 is 4.79 Å². The zero-order valence-corrected chi connectivity index (χ0v) is 13.6. The smallest absolute Gasteiger partial charge is 0.224 e. The van der Waals surface area contributed by atoms with E-state index in [1.54, 1.807) is 17.5 Å². The van der Waals surface area contributed by atoms with Crippen LogP contribution in [0.4, 0.5) is 5.69 Å². The zero-order chi connectivity index (χ0) is 16.1. The third kappa shape index (κ3) is 4.23. The van der Waals surface area contributed by atoms with Crippen LogP contribution in [0.1, 0.15) is 17.8 Å². The zero-order valence-electron chi connectivity index (χ0n) is 12.8. The van der Waals surface area contributed by atoms with Crippen LogP contribution in [-0.4, -0.2) is 15.9 Å². The molecule has 1 amide bonds. The predicted octanol–water partition coefficient (Wildman–Crippen LogP) is 4.08. The summed E-state index contributed by atoms with van der Waals surface area (Å²) in [6, 6.07) is 13.5. The molecule has 3 rings (SSSR count). The van der Waals surface area contributed by atoms with Crippen molar-refractivity contribution in [2.24, 2.45) is 0 Å².